The lowest BCUT2D eigenvalue weighted by Crippen LogP contribution is -2.07. The minimum atomic E-state index is -0.319. The van der Waals surface area contributed by atoms with E-state index in [1.807, 2.05) is 6.92 Å². The van der Waals surface area contributed by atoms with Gasteiger partial charge in [0.15, 0.2) is 0 Å². The van der Waals surface area contributed by atoms with Crippen molar-refractivity contribution in [1.82, 2.24) is 0 Å². The third kappa shape index (κ3) is 2.91. The van der Waals surface area contributed by atoms with Gasteiger partial charge in [0.25, 0.3) is 0 Å². The van der Waals surface area contributed by atoms with Crippen LogP contribution in [0, 0.1) is 0 Å². The summed E-state index contributed by atoms with van der Waals surface area (Å²) in [4.78, 5) is 0. The van der Waals surface area contributed by atoms with Crippen LogP contribution in [0.15, 0.2) is 36.4 Å². The van der Waals surface area contributed by atoms with Gasteiger partial charge in [-0.1, -0.05) is 17.7 Å². The molecule has 0 aromatic heterocycles. The van der Waals surface area contributed by atoms with Crippen LogP contribution in [0.25, 0.3) is 0 Å². The third-order valence-electron chi connectivity index (χ3n) is 3.04. The van der Waals surface area contributed by atoms with Gasteiger partial charge in [-0.05, 0) is 31.2 Å². The van der Waals surface area contributed by atoms with Crippen molar-refractivity contribution in [3.63, 3.8) is 0 Å². The van der Waals surface area contributed by atoms with Gasteiger partial charge in [0.05, 0.1) is 29.4 Å². The van der Waals surface area contributed by atoms with E-state index in [0.717, 1.165) is 0 Å². The number of methoxy groups -OCH3 is 1. The van der Waals surface area contributed by atoms with Crippen LogP contribution in [-0.4, -0.2) is 17.3 Å². The molecule has 2 aromatic rings. The molecule has 0 radical (unpaired) electrons. The largest absolute Gasteiger partial charge is 0.507 e. The van der Waals surface area contributed by atoms with E-state index in [-0.39, 0.29) is 17.5 Å². The minimum Gasteiger partial charge on any atom is -0.507 e. The number of hydrogen-bond acceptors (Lipinski definition) is 4. The maximum Gasteiger partial charge on any atom is 0.124 e. The standard InChI is InChI=1S/C15H16ClNO3/c1-9(15-13(18)4-3-5-14(15)19)17-12-8-10(20-2)6-7-11(12)16/h3-9,17-19H,1-2H3. The average molecular weight is 294 g/mol. The smallest absolute Gasteiger partial charge is 0.124 e. The lowest BCUT2D eigenvalue weighted by atomic mass is 10.1. The number of rotatable bonds is 4. The molecule has 1 unspecified atom stereocenters. The van der Waals surface area contributed by atoms with Crippen molar-refractivity contribution in [3.05, 3.63) is 47.0 Å². The second-order valence-corrected chi connectivity index (χ2v) is 4.83. The van der Waals surface area contributed by atoms with Crippen LogP contribution in [0.4, 0.5) is 5.69 Å². The minimum absolute atomic E-state index is 0.0315. The molecule has 2 rings (SSSR count). The zero-order valence-corrected chi connectivity index (χ0v) is 12.0. The molecule has 0 spiro atoms. The molecule has 0 aliphatic carbocycles. The van der Waals surface area contributed by atoms with Crippen molar-refractivity contribution in [2.24, 2.45) is 0 Å². The average Bonchev–Trinajstić information content (AvgIpc) is 2.41. The number of halogens is 1. The molecule has 3 N–H and O–H groups in total. The van der Waals surface area contributed by atoms with Gasteiger partial charge in [0, 0.05) is 6.07 Å². The summed E-state index contributed by atoms with van der Waals surface area (Å²) in [6.07, 6.45) is 0. The number of nitrogens with one attached hydrogen (secondary N) is 1. The molecule has 20 heavy (non-hydrogen) atoms. The quantitative estimate of drug-likeness (QED) is 0.799. The van der Waals surface area contributed by atoms with Crippen molar-refractivity contribution in [2.45, 2.75) is 13.0 Å². The zero-order valence-electron chi connectivity index (χ0n) is 11.2. The first-order valence-corrected chi connectivity index (χ1v) is 6.51. The van der Waals surface area contributed by atoms with E-state index < -0.39 is 0 Å². The molecule has 0 aliphatic rings. The molecule has 106 valence electrons. The van der Waals surface area contributed by atoms with Gasteiger partial charge in [-0.15, -0.1) is 0 Å². The summed E-state index contributed by atoms with van der Waals surface area (Å²) >= 11 is 6.12. The van der Waals surface area contributed by atoms with Crippen LogP contribution >= 0.6 is 11.6 Å². The van der Waals surface area contributed by atoms with Gasteiger partial charge in [-0.25, -0.2) is 0 Å². The highest BCUT2D eigenvalue weighted by Crippen LogP contribution is 2.36. The molecule has 0 saturated heterocycles. The zero-order chi connectivity index (χ0) is 14.7. The summed E-state index contributed by atoms with van der Waals surface area (Å²) in [5, 5.41) is 23.4. The Kier molecular flexibility index (Phi) is 4.25. The van der Waals surface area contributed by atoms with Gasteiger partial charge >= 0.3 is 0 Å². The number of aromatic hydroxyl groups is 2. The summed E-state index contributed by atoms with van der Waals surface area (Å²) in [7, 11) is 1.57. The molecule has 5 heteroatoms. The molecular formula is C15H16ClNO3. The molecular weight excluding hydrogens is 278 g/mol. The van der Waals surface area contributed by atoms with E-state index in [1.165, 1.54) is 12.1 Å². The molecule has 2 aromatic carbocycles. The van der Waals surface area contributed by atoms with Gasteiger partial charge in [-0.3, -0.25) is 0 Å². The van der Waals surface area contributed by atoms with Crippen LogP contribution in [0.5, 0.6) is 17.2 Å². The van der Waals surface area contributed by atoms with Gasteiger partial charge in [0.2, 0.25) is 0 Å². The fourth-order valence-corrected chi connectivity index (χ4v) is 2.20. The predicted molar refractivity (Wildman–Crippen MR) is 79.8 cm³/mol. The van der Waals surface area contributed by atoms with Crippen LogP contribution in [-0.2, 0) is 0 Å². The van der Waals surface area contributed by atoms with Gasteiger partial charge in [0.1, 0.15) is 17.2 Å². The Morgan fingerprint density at radius 1 is 1.15 bits per heavy atom. The topological polar surface area (TPSA) is 61.7 Å². The summed E-state index contributed by atoms with van der Waals surface area (Å²) in [5.74, 6) is 0.735. The number of phenols is 2. The monoisotopic (exact) mass is 293 g/mol. The normalized spacial score (nSPS) is 11.9. The number of phenolic OH excluding ortho intramolecular Hbond substituents is 2. The summed E-state index contributed by atoms with van der Waals surface area (Å²) in [6, 6.07) is 9.56. The molecule has 0 aliphatic heterocycles. The third-order valence-corrected chi connectivity index (χ3v) is 3.37. The van der Waals surface area contributed by atoms with E-state index in [0.29, 0.717) is 22.0 Å². The number of benzene rings is 2. The van der Waals surface area contributed by atoms with Crippen molar-refractivity contribution in [2.75, 3.05) is 12.4 Å². The van der Waals surface area contributed by atoms with E-state index >= 15 is 0 Å². The van der Waals surface area contributed by atoms with Crippen LogP contribution in [0.2, 0.25) is 5.02 Å². The Bertz CT molecular complexity index is 596. The molecule has 4 nitrogen and oxygen atoms in total. The van der Waals surface area contributed by atoms with Crippen molar-refractivity contribution in [1.29, 1.82) is 0 Å². The maximum atomic E-state index is 9.85. The number of ether oxygens (including phenoxy) is 1. The second kappa shape index (κ2) is 5.92. The van der Waals surface area contributed by atoms with Gasteiger partial charge < -0.3 is 20.3 Å². The molecule has 0 bridgehead atoms. The molecule has 1 atom stereocenters. The van der Waals surface area contributed by atoms with E-state index in [9.17, 15) is 10.2 Å². The first-order chi connectivity index (χ1) is 9.52. The fourth-order valence-electron chi connectivity index (χ4n) is 2.03. The first-order valence-electron chi connectivity index (χ1n) is 6.14. The van der Waals surface area contributed by atoms with Crippen LogP contribution in [0.1, 0.15) is 18.5 Å². The SMILES string of the molecule is COc1ccc(Cl)c(NC(C)c2c(O)cccc2O)c1. The van der Waals surface area contributed by atoms with Gasteiger partial charge in [-0.2, -0.15) is 0 Å². The fraction of sp³-hybridized carbons (Fsp3) is 0.200. The number of hydrogen-bond donors (Lipinski definition) is 3. The predicted octanol–water partition coefficient (Wildman–Crippen LogP) is 3.93. The summed E-state index contributed by atoms with van der Waals surface area (Å²) < 4.78 is 5.15. The Morgan fingerprint density at radius 3 is 2.40 bits per heavy atom. The van der Waals surface area contributed by atoms with E-state index in [4.69, 9.17) is 16.3 Å². The Morgan fingerprint density at radius 2 is 1.80 bits per heavy atom. The Balaban J connectivity index is 2.30. The number of anilines is 1. The van der Waals surface area contributed by atoms with Crippen molar-refractivity contribution >= 4 is 17.3 Å². The van der Waals surface area contributed by atoms with Crippen LogP contribution < -0.4 is 10.1 Å². The summed E-state index contributed by atoms with van der Waals surface area (Å²) in [6.45, 7) is 1.82. The van der Waals surface area contributed by atoms with Crippen molar-refractivity contribution in [3.8, 4) is 17.2 Å². The Hall–Kier alpha value is -2.07. The lowest BCUT2D eigenvalue weighted by molar-refractivity contribution is 0.415. The lowest BCUT2D eigenvalue weighted by Gasteiger charge is -2.19. The van der Waals surface area contributed by atoms with E-state index in [2.05, 4.69) is 5.32 Å². The highest BCUT2D eigenvalue weighted by molar-refractivity contribution is 6.33. The maximum absolute atomic E-state index is 9.85. The molecule has 0 amide bonds. The highest BCUT2D eigenvalue weighted by Gasteiger charge is 2.16. The highest BCUT2D eigenvalue weighted by atomic mass is 35.5. The molecule has 0 saturated carbocycles. The molecule has 0 fully saturated rings. The van der Waals surface area contributed by atoms with Crippen LogP contribution in [0.3, 0.4) is 0 Å². The molecule has 0 heterocycles. The second-order valence-electron chi connectivity index (χ2n) is 4.42. The summed E-state index contributed by atoms with van der Waals surface area (Å²) in [5.41, 5.74) is 1.09. The first kappa shape index (κ1) is 14.3. The van der Waals surface area contributed by atoms with E-state index in [1.54, 1.807) is 31.4 Å². The van der Waals surface area contributed by atoms with Crippen molar-refractivity contribution < 1.29 is 14.9 Å². The Labute approximate surface area is 122 Å².